The number of nitrogens with zero attached hydrogens (tertiary/aromatic N) is 1. The summed E-state index contributed by atoms with van der Waals surface area (Å²) in [5.41, 5.74) is 7.59. The van der Waals surface area contributed by atoms with Crippen molar-refractivity contribution < 1.29 is 27.5 Å². The number of hydrogen-bond donors (Lipinski definition) is 1. The van der Waals surface area contributed by atoms with Crippen molar-refractivity contribution in [1.29, 1.82) is 0 Å². The van der Waals surface area contributed by atoms with Crippen molar-refractivity contribution >= 4 is 11.9 Å². The van der Waals surface area contributed by atoms with Gasteiger partial charge in [-0.2, -0.15) is 13.2 Å². The fourth-order valence-corrected chi connectivity index (χ4v) is 4.08. The summed E-state index contributed by atoms with van der Waals surface area (Å²) in [4.78, 5) is 26.7. The number of nitrogens with two attached hydrogens (primary N) is 1. The van der Waals surface area contributed by atoms with Gasteiger partial charge in [0.15, 0.2) is 0 Å². The number of ether oxygens (including phenoxy) is 1. The minimum absolute atomic E-state index is 0.227. The summed E-state index contributed by atoms with van der Waals surface area (Å²) in [6.07, 6.45) is -3.77. The van der Waals surface area contributed by atoms with Crippen LogP contribution in [0.4, 0.5) is 13.2 Å². The van der Waals surface area contributed by atoms with Crippen LogP contribution in [-0.4, -0.2) is 30.4 Å². The minimum atomic E-state index is -4.44. The van der Waals surface area contributed by atoms with Gasteiger partial charge in [-0.3, -0.25) is 9.69 Å². The van der Waals surface area contributed by atoms with Gasteiger partial charge in [0.25, 0.3) is 0 Å². The maximum atomic E-state index is 12.9. The molecule has 1 atom stereocenters. The molecule has 5 nitrogen and oxygen atoms in total. The molecule has 0 fully saturated rings. The van der Waals surface area contributed by atoms with Gasteiger partial charge in [-0.1, -0.05) is 36.4 Å². The lowest BCUT2D eigenvalue weighted by atomic mass is 9.92. The first-order valence-corrected chi connectivity index (χ1v) is 10.3. The molecule has 8 heteroatoms. The van der Waals surface area contributed by atoms with Crippen molar-refractivity contribution in [2.24, 2.45) is 5.73 Å². The summed E-state index contributed by atoms with van der Waals surface area (Å²) in [6, 6.07) is 15.7. The molecular formula is C25H21F3N2O3. The number of primary amides is 1. The van der Waals surface area contributed by atoms with E-state index in [1.165, 1.54) is 12.1 Å². The van der Waals surface area contributed by atoms with E-state index in [1.807, 2.05) is 11.9 Å². The van der Waals surface area contributed by atoms with Gasteiger partial charge < -0.3 is 10.5 Å². The summed E-state index contributed by atoms with van der Waals surface area (Å²) < 4.78 is 44.2. The van der Waals surface area contributed by atoms with Crippen LogP contribution >= 0.6 is 0 Å². The van der Waals surface area contributed by atoms with Crippen molar-refractivity contribution in [3.63, 3.8) is 0 Å². The first-order chi connectivity index (χ1) is 15.6. The van der Waals surface area contributed by atoms with E-state index in [0.717, 1.165) is 23.3 Å². The van der Waals surface area contributed by atoms with Crippen LogP contribution in [0.1, 0.15) is 33.1 Å². The smallest absolute Gasteiger partial charge is 0.416 e. The normalized spacial score (nSPS) is 16.2. The number of carbonyl (C=O) groups is 2. The van der Waals surface area contributed by atoms with E-state index in [2.05, 4.69) is 0 Å². The molecule has 0 spiro atoms. The SMILES string of the molecule is CN1CCc2cc(OC(=O)c3ccccc3-c3ccc(C(F)(F)F)cc3)ccc2C1C(N)=O. The molecule has 3 aromatic rings. The average Bonchev–Trinajstić information content (AvgIpc) is 2.78. The molecule has 1 aliphatic rings. The number of benzene rings is 3. The van der Waals surface area contributed by atoms with Gasteiger partial charge in [-0.05, 0) is 66.1 Å². The molecule has 0 radical (unpaired) electrons. The van der Waals surface area contributed by atoms with Gasteiger partial charge in [0.1, 0.15) is 11.8 Å². The van der Waals surface area contributed by atoms with Crippen molar-refractivity contribution in [3.05, 3.63) is 89.0 Å². The van der Waals surface area contributed by atoms with Crippen molar-refractivity contribution in [2.75, 3.05) is 13.6 Å². The van der Waals surface area contributed by atoms with Crippen molar-refractivity contribution in [3.8, 4) is 16.9 Å². The standard InChI is InChI=1S/C25H21F3N2O3/c1-30-13-12-16-14-18(10-11-20(16)22(30)23(29)31)33-24(32)21-5-3-2-4-19(21)15-6-8-17(9-7-15)25(26,27)28/h2-11,14,22H,12-13H2,1H3,(H2,29,31). The fourth-order valence-electron chi connectivity index (χ4n) is 4.08. The number of amides is 1. The van der Waals surface area contributed by atoms with E-state index in [1.54, 1.807) is 42.5 Å². The zero-order valence-electron chi connectivity index (χ0n) is 17.7. The summed E-state index contributed by atoms with van der Waals surface area (Å²) in [5.74, 6) is -0.771. The number of fused-ring (bicyclic) bond motifs is 1. The van der Waals surface area contributed by atoms with Gasteiger partial charge in [0.2, 0.25) is 5.91 Å². The van der Waals surface area contributed by atoms with E-state index in [9.17, 15) is 22.8 Å². The summed E-state index contributed by atoms with van der Waals surface area (Å²) in [6.45, 7) is 0.634. The maximum Gasteiger partial charge on any atom is 0.416 e. The first-order valence-electron chi connectivity index (χ1n) is 10.3. The Balaban J connectivity index is 1.60. The van der Waals surface area contributed by atoms with E-state index < -0.39 is 29.7 Å². The molecule has 3 aromatic carbocycles. The molecular weight excluding hydrogens is 433 g/mol. The zero-order valence-corrected chi connectivity index (χ0v) is 17.7. The highest BCUT2D eigenvalue weighted by atomic mass is 19.4. The topological polar surface area (TPSA) is 72.6 Å². The van der Waals surface area contributed by atoms with E-state index in [0.29, 0.717) is 29.8 Å². The monoisotopic (exact) mass is 454 g/mol. The van der Waals surface area contributed by atoms with Gasteiger partial charge in [0.05, 0.1) is 11.1 Å². The van der Waals surface area contributed by atoms with Crippen LogP contribution in [0.15, 0.2) is 66.7 Å². The van der Waals surface area contributed by atoms with Gasteiger partial charge in [0, 0.05) is 6.54 Å². The Morgan fingerprint density at radius 1 is 1.03 bits per heavy atom. The second-order valence-electron chi connectivity index (χ2n) is 7.91. The Hall–Kier alpha value is -3.65. The Bertz CT molecular complexity index is 1210. The molecule has 1 heterocycles. The minimum Gasteiger partial charge on any atom is -0.423 e. The van der Waals surface area contributed by atoms with Gasteiger partial charge in [-0.25, -0.2) is 4.79 Å². The molecule has 170 valence electrons. The fraction of sp³-hybridized carbons (Fsp3) is 0.200. The van der Waals surface area contributed by atoms with Crippen LogP contribution in [0, 0.1) is 0 Å². The maximum absolute atomic E-state index is 12.9. The molecule has 1 aliphatic heterocycles. The third-order valence-corrected chi connectivity index (χ3v) is 5.73. The van der Waals surface area contributed by atoms with Gasteiger partial charge in [-0.15, -0.1) is 0 Å². The predicted molar refractivity (Wildman–Crippen MR) is 117 cm³/mol. The summed E-state index contributed by atoms with van der Waals surface area (Å²) in [7, 11) is 1.82. The number of esters is 1. The molecule has 0 saturated carbocycles. The Kier molecular flexibility index (Phi) is 5.95. The van der Waals surface area contributed by atoms with Crippen LogP contribution < -0.4 is 10.5 Å². The van der Waals surface area contributed by atoms with Crippen LogP contribution in [0.25, 0.3) is 11.1 Å². The van der Waals surface area contributed by atoms with E-state index in [-0.39, 0.29) is 5.56 Å². The first kappa shape index (κ1) is 22.5. The quantitative estimate of drug-likeness (QED) is 0.462. The highest BCUT2D eigenvalue weighted by molar-refractivity contribution is 5.98. The molecule has 0 saturated heterocycles. The van der Waals surface area contributed by atoms with Crippen LogP contribution in [0.3, 0.4) is 0 Å². The van der Waals surface area contributed by atoms with E-state index in [4.69, 9.17) is 10.5 Å². The highest BCUT2D eigenvalue weighted by Gasteiger charge is 2.31. The summed E-state index contributed by atoms with van der Waals surface area (Å²) >= 11 is 0. The number of likely N-dealkylation sites (N-methyl/N-ethyl adjacent to an activating group) is 1. The lowest BCUT2D eigenvalue weighted by Crippen LogP contribution is -2.40. The number of carbonyl (C=O) groups excluding carboxylic acids is 2. The van der Waals surface area contributed by atoms with E-state index >= 15 is 0 Å². The second kappa shape index (κ2) is 8.71. The molecule has 1 unspecified atom stereocenters. The average molecular weight is 454 g/mol. The Morgan fingerprint density at radius 2 is 1.73 bits per heavy atom. The molecule has 0 aromatic heterocycles. The molecule has 0 bridgehead atoms. The third kappa shape index (κ3) is 4.61. The van der Waals surface area contributed by atoms with Crippen LogP contribution in [-0.2, 0) is 17.4 Å². The zero-order chi connectivity index (χ0) is 23.8. The van der Waals surface area contributed by atoms with Crippen molar-refractivity contribution in [1.82, 2.24) is 4.90 Å². The third-order valence-electron chi connectivity index (χ3n) is 5.73. The van der Waals surface area contributed by atoms with Gasteiger partial charge >= 0.3 is 12.1 Å². The Morgan fingerprint density at radius 3 is 2.39 bits per heavy atom. The van der Waals surface area contributed by atoms with Crippen LogP contribution in [0.2, 0.25) is 0 Å². The lowest BCUT2D eigenvalue weighted by Gasteiger charge is -2.32. The Labute approximate surface area is 188 Å². The number of halogens is 3. The number of alkyl halides is 3. The molecule has 2 N–H and O–H groups in total. The molecule has 33 heavy (non-hydrogen) atoms. The second-order valence-corrected chi connectivity index (χ2v) is 7.91. The highest BCUT2D eigenvalue weighted by Crippen LogP contribution is 2.33. The number of hydrogen-bond acceptors (Lipinski definition) is 4. The molecule has 1 amide bonds. The summed E-state index contributed by atoms with van der Waals surface area (Å²) in [5, 5.41) is 0. The van der Waals surface area contributed by atoms with Crippen LogP contribution in [0.5, 0.6) is 5.75 Å². The molecule has 4 rings (SSSR count). The lowest BCUT2D eigenvalue weighted by molar-refractivity contribution is -0.137. The predicted octanol–water partition coefficient (Wildman–Crippen LogP) is 4.61. The van der Waals surface area contributed by atoms with Crippen molar-refractivity contribution in [2.45, 2.75) is 18.6 Å². The number of rotatable bonds is 4. The molecule has 0 aliphatic carbocycles. The largest absolute Gasteiger partial charge is 0.423 e.